The van der Waals surface area contributed by atoms with Crippen molar-refractivity contribution in [2.75, 3.05) is 14.7 Å². The number of rotatable bonds is 6. The third-order valence-corrected chi connectivity index (χ3v) is 21.3. The zero-order valence-electron chi connectivity index (χ0n) is 49.3. The number of nitrogens with zero attached hydrogens (tertiary/aromatic N) is 3. The molecule has 0 unspecified atom stereocenters. The van der Waals surface area contributed by atoms with E-state index in [0.29, 0.717) is 0 Å². The van der Waals surface area contributed by atoms with Gasteiger partial charge in [-0.15, -0.1) is 10.0 Å². The molecule has 0 aromatic heterocycles. The van der Waals surface area contributed by atoms with Crippen LogP contribution >= 0.6 is 10.0 Å². The van der Waals surface area contributed by atoms with Crippen molar-refractivity contribution < 1.29 is 0 Å². The molecule has 0 aliphatic carbocycles. The molecule has 13 rings (SSSR count). The van der Waals surface area contributed by atoms with Gasteiger partial charge >= 0.3 is 0 Å². The van der Waals surface area contributed by atoms with Crippen molar-refractivity contribution in [1.29, 1.82) is 0 Å². The molecule has 81 heavy (non-hydrogen) atoms. The largest absolute Gasteiger partial charge is 0.311 e. The van der Waals surface area contributed by atoms with Crippen LogP contribution in [0.15, 0.2) is 250 Å². The first-order chi connectivity index (χ1) is 38.7. The summed E-state index contributed by atoms with van der Waals surface area (Å²) in [6, 6.07) is 89.0. The van der Waals surface area contributed by atoms with Crippen LogP contribution in [-0.2, 0) is 21.7 Å². The van der Waals surface area contributed by atoms with Gasteiger partial charge in [0.25, 0.3) is 6.71 Å². The molecule has 0 fully saturated rings. The van der Waals surface area contributed by atoms with Crippen molar-refractivity contribution in [2.45, 2.75) is 124 Å². The Balaban J connectivity index is 1.14. The summed E-state index contributed by atoms with van der Waals surface area (Å²) >= 11 is 0. The molecule has 3 nitrogen and oxygen atoms in total. The van der Waals surface area contributed by atoms with Crippen molar-refractivity contribution in [1.82, 2.24) is 0 Å². The van der Waals surface area contributed by atoms with Gasteiger partial charge in [0.2, 0.25) is 0 Å². The van der Waals surface area contributed by atoms with Gasteiger partial charge in [0.15, 0.2) is 0 Å². The van der Waals surface area contributed by atoms with Gasteiger partial charge in [0.1, 0.15) is 0 Å². The van der Waals surface area contributed by atoms with Crippen LogP contribution < -0.4 is 31.1 Å². The summed E-state index contributed by atoms with van der Waals surface area (Å²) in [5.74, 6) is 0. The number of hydrogen-bond acceptors (Lipinski definition) is 3. The van der Waals surface area contributed by atoms with Gasteiger partial charge in [-0.3, -0.25) is 0 Å². The molecule has 0 amide bonds. The Bertz CT molecular complexity index is 3920. The van der Waals surface area contributed by atoms with E-state index in [1.54, 1.807) is 0 Å². The van der Waals surface area contributed by atoms with E-state index >= 15 is 0 Å². The standard InChI is InChI=1S/C76H74BN3S/c1-73(2,3)53-34-31-51(32-35-53)52-33-45-64-62(47-52)77-63-48-56(76(10,11)12)40-46-65(63)79(58-43-38-55(39-44-58)75(7,8)9)69-50-59(49-68(72(69)77)78(64)57-41-36-54(37-42-57)74(4,5)6)80-66-27-19-21-29-70(66)81(60-23-15-13-16-24-60,61-25-17-14-18-26-61)71-30-22-20-28-67(71)80/h13-50H,1-12H3. The van der Waals surface area contributed by atoms with E-state index in [4.69, 9.17) is 0 Å². The Morgan fingerprint density at radius 3 is 1.09 bits per heavy atom. The molecule has 0 N–H and O–H groups in total. The highest BCUT2D eigenvalue weighted by Crippen LogP contribution is 2.79. The maximum atomic E-state index is 2.60. The van der Waals surface area contributed by atoms with Crippen molar-refractivity contribution >= 4 is 84.3 Å². The monoisotopic (exact) mass is 1070 g/mol. The normalized spacial score (nSPS) is 14.8. The van der Waals surface area contributed by atoms with E-state index in [1.807, 2.05) is 0 Å². The van der Waals surface area contributed by atoms with Gasteiger partial charge in [-0.2, -0.15) is 0 Å². The zero-order valence-corrected chi connectivity index (χ0v) is 50.1. The molecule has 5 heteroatoms. The van der Waals surface area contributed by atoms with Gasteiger partial charge in [-0.05, 0) is 168 Å². The molecule has 0 saturated carbocycles. The van der Waals surface area contributed by atoms with Gasteiger partial charge in [-0.1, -0.05) is 217 Å². The van der Waals surface area contributed by atoms with Crippen LogP contribution in [0.1, 0.15) is 105 Å². The maximum Gasteiger partial charge on any atom is 0.252 e. The first-order valence-corrected chi connectivity index (χ1v) is 30.6. The Labute approximate surface area is 484 Å². The summed E-state index contributed by atoms with van der Waals surface area (Å²) in [5.41, 5.74) is 22.1. The Morgan fingerprint density at radius 2 is 0.642 bits per heavy atom. The molecule has 0 saturated heterocycles. The Hall–Kier alpha value is -7.99. The van der Waals surface area contributed by atoms with Crippen molar-refractivity contribution in [3.63, 3.8) is 0 Å². The van der Waals surface area contributed by atoms with Crippen molar-refractivity contribution in [3.05, 3.63) is 253 Å². The predicted octanol–water partition coefficient (Wildman–Crippen LogP) is 19.8. The van der Waals surface area contributed by atoms with Crippen molar-refractivity contribution in [2.24, 2.45) is 0 Å². The second kappa shape index (κ2) is 19.1. The smallest absolute Gasteiger partial charge is 0.252 e. The average Bonchev–Trinajstić information content (AvgIpc) is 3.65. The second-order valence-electron chi connectivity index (χ2n) is 26.7. The summed E-state index contributed by atoms with van der Waals surface area (Å²) in [6.45, 7) is 27.7. The highest BCUT2D eigenvalue weighted by Gasteiger charge is 2.47. The van der Waals surface area contributed by atoms with E-state index in [2.05, 4.69) is 328 Å². The summed E-state index contributed by atoms with van der Waals surface area (Å²) in [6.07, 6.45) is 0. The molecule has 10 aromatic carbocycles. The lowest BCUT2D eigenvalue weighted by Crippen LogP contribution is -2.61. The average molecular weight is 1070 g/mol. The first-order valence-electron chi connectivity index (χ1n) is 29.0. The number of benzene rings is 10. The van der Waals surface area contributed by atoms with Gasteiger partial charge in [0.05, 0.1) is 17.1 Å². The lowest BCUT2D eigenvalue weighted by Gasteiger charge is -2.50. The summed E-state index contributed by atoms with van der Waals surface area (Å²) in [7, 11) is -1.98. The highest BCUT2D eigenvalue weighted by molar-refractivity contribution is 8.34. The minimum atomic E-state index is -1.98. The van der Waals surface area contributed by atoms with Crippen LogP contribution in [0.25, 0.3) is 11.1 Å². The molecule has 402 valence electrons. The number of hydrogen-bond donors (Lipinski definition) is 0. The minimum Gasteiger partial charge on any atom is -0.311 e. The molecule has 0 spiro atoms. The van der Waals surface area contributed by atoms with Gasteiger partial charge in [0, 0.05) is 53.7 Å². The van der Waals surface area contributed by atoms with E-state index in [1.165, 1.54) is 103 Å². The quantitative estimate of drug-likeness (QED) is 0.154. The van der Waals surface area contributed by atoms with Gasteiger partial charge in [-0.25, -0.2) is 0 Å². The highest BCUT2D eigenvalue weighted by atomic mass is 32.3. The molecular weight excluding hydrogens is 998 g/mol. The lowest BCUT2D eigenvalue weighted by molar-refractivity contribution is 0.590. The van der Waals surface area contributed by atoms with Gasteiger partial charge < -0.3 is 14.7 Å². The third-order valence-electron chi connectivity index (χ3n) is 17.3. The van der Waals surface area contributed by atoms with Crippen LogP contribution in [0.3, 0.4) is 0 Å². The predicted molar refractivity (Wildman–Crippen MR) is 349 cm³/mol. The molecule has 3 aliphatic heterocycles. The number of fused-ring (bicyclic) bond motifs is 6. The molecule has 3 heterocycles. The third kappa shape index (κ3) is 8.65. The van der Waals surface area contributed by atoms with Crippen molar-refractivity contribution in [3.8, 4) is 11.1 Å². The van der Waals surface area contributed by atoms with E-state index in [-0.39, 0.29) is 28.4 Å². The number of para-hydroxylation sites is 2. The fourth-order valence-corrected chi connectivity index (χ4v) is 17.1. The zero-order chi connectivity index (χ0) is 56.4. The first kappa shape index (κ1) is 52.4. The molecule has 3 aliphatic rings. The van der Waals surface area contributed by atoms with Crippen LogP contribution in [-0.4, -0.2) is 6.71 Å². The topological polar surface area (TPSA) is 9.72 Å². The second-order valence-corrected chi connectivity index (χ2v) is 29.8. The number of anilines is 9. The fraction of sp³-hybridized carbons (Fsp3) is 0.211. The fourth-order valence-electron chi connectivity index (χ4n) is 12.9. The molecule has 10 aromatic rings. The van der Waals surface area contributed by atoms with Crippen LogP contribution in [0.5, 0.6) is 0 Å². The Morgan fingerprint density at radius 1 is 0.284 bits per heavy atom. The van der Waals surface area contributed by atoms with Crippen LogP contribution in [0.2, 0.25) is 0 Å². The minimum absolute atomic E-state index is 0.00655. The lowest BCUT2D eigenvalue weighted by atomic mass is 9.33. The SMILES string of the molecule is CC(C)(C)c1ccc(-c2ccc3c(c2)B2c4cc(C(C)(C)C)ccc4N(c4ccc(C(C)(C)C)cc4)c4cc(N5c6ccccc6S(c6ccccc6)(c6ccccc6)c6ccccc65)cc(c42)N3c2ccc(C(C)(C)C)cc2)cc1. The van der Waals surface area contributed by atoms with E-state index < -0.39 is 10.0 Å². The van der Waals surface area contributed by atoms with Crippen LogP contribution in [0, 0.1) is 0 Å². The summed E-state index contributed by atoms with van der Waals surface area (Å²) in [5, 5.41) is 0. The summed E-state index contributed by atoms with van der Waals surface area (Å²) < 4.78 is 0. The molecule has 0 radical (unpaired) electrons. The molecular formula is C76H74BN3S. The Kier molecular flexibility index (Phi) is 12.3. The summed E-state index contributed by atoms with van der Waals surface area (Å²) in [4.78, 5) is 13.1. The molecule has 0 atom stereocenters. The van der Waals surface area contributed by atoms with E-state index in [9.17, 15) is 0 Å². The maximum absolute atomic E-state index is 2.60. The molecule has 0 bridgehead atoms. The van der Waals surface area contributed by atoms with Crippen LogP contribution in [0.4, 0.5) is 51.2 Å². The van der Waals surface area contributed by atoms with E-state index in [0.717, 1.165) is 17.1 Å².